The van der Waals surface area contributed by atoms with Gasteiger partial charge in [0.25, 0.3) is 0 Å². The number of benzene rings is 4. The number of Topliss-reactive ketones (excluding diaryl/α,β-unsaturated/α-hetero) is 1. The molecule has 36 nitrogen and oxygen atoms in total. The van der Waals surface area contributed by atoms with Gasteiger partial charge in [0, 0.05) is 143 Å². The summed E-state index contributed by atoms with van der Waals surface area (Å²) in [6, 6.07) is 48.1. The van der Waals surface area contributed by atoms with Crippen molar-refractivity contribution in [3.8, 4) is 18.2 Å². The van der Waals surface area contributed by atoms with E-state index in [2.05, 4.69) is 137 Å². The van der Waals surface area contributed by atoms with Crippen molar-refractivity contribution >= 4 is 83.0 Å². The van der Waals surface area contributed by atoms with Gasteiger partial charge in [0.05, 0.1) is 90.0 Å². The second kappa shape index (κ2) is 53.1. The smallest absolute Gasteiger partial charge is 0.410 e. The number of imide groups is 5. The number of amides is 12. The Balaban J connectivity index is 0.000000159. The molecule has 0 saturated carbocycles. The number of nitrogens with zero attached hydrogens (tertiary/aromatic N) is 11. The number of aliphatic hydroxyl groups excluding tert-OH is 1. The number of rotatable bonds is 17. The summed E-state index contributed by atoms with van der Waals surface area (Å²) in [6.45, 7) is 30.0. The molecule has 14 heterocycles. The van der Waals surface area contributed by atoms with Crippen LogP contribution in [-0.4, -0.2) is 289 Å². The zero-order valence-electron chi connectivity index (χ0n) is 85.8. The van der Waals surface area contributed by atoms with Gasteiger partial charge in [-0.15, -0.1) is 0 Å². The lowest BCUT2D eigenvalue weighted by Crippen LogP contribution is -2.48. The first-order valence-electron chi connectivity index (χ1n) is 51.7. The first-order valence-corrected chi connectivity index (χ1v) is 51.7. The summed E-state index contributed by atoms with van der Waals surface area (Å²) in [5.41, 5.74) is 0.265. The van der Waals surface area contributed by atoms with Crippen LogP contribution in [0.25, 0.3) is 0 Å². The molecule has 12 amide bonds. The summed E-state index contributed by atoms with van der Waals surface area (Å²) >= 11 is 0. The Morgan fingerprint density at radius 2 is 0.786 bits per heavy atom. The molecule has 1 unspecified atom stereocenters. The third-order valence-corrected chi connectivity index (χ3v) is 29.9. The topological polar surface area (TPSA) is 463 Å². The predicted octanol–water partition coefficient (Wildman–Crippen LogP) is 10.1. The highest BCUT2D eigenvalue weighted by molar-refractivity contribution is 6.08. The lowest BCUT2D eigenvalue weighted by molar-refractivity contribution is -0.167. The number of hydrogen-bond acceptors (Lipinski definition) is 29. The number of carbonyl (C=O) groups excluding carboxylic acids is 14. The third-order valence-electron chi connectivity index (χ3n) is 29.9. The zero-order chi connectivity index (χ0) is 104. The Morgan fingerprint density at radius 1 is 0.434 bits per heavy atom. The van der Waals surface area contributed by atoms with Crippen LogP contribution in [0.2, 0.25) is 0 Å². The molecule has 5 spiro atoms. The van der Waals surface area contributed by atoms with Crippen LogP contribution in [0, 0.1) is 71.9 Å². The van der Waals surface area contributed by atoms with Crippen LogP contribution in [0.5, 0.6) is 0 Å². The number of piperidine rings is 8. The summed E-state index contributed by atoms with van der Waals surface area (Å²) in [4.78, 5) is 180. The normalized spacial score (nSPS) is 22.4. The molecule has 36 heteroatoms. The maximum absolute atomic E-state index is 13.0. The van der Waals surface area contributed by atoms with E-state index in [0.29, 0.717) is 116 Å². The molecule has 14 fully saturated rings. The van der Waals surface area contributed by atoms with Crippen LogP contribution in [-0.2, 0) is 107 Å². The van der Waals surface area contributed by atoms with Crippen LogP contribution < -0.4 is 26.6 Å². The van der Waals surface area contributed by atoms with E-state index in [9.17, 15) is 77.6 Å². The van der Waals surface area contributed by atoms with Crippen molar-refractivity contribution in [3.05, 3.63) is 144 Å². The number of hydrogen-bond donors (Lipinski definition) is 6. The van der Waals surface area contributed by atoms with Crippen LogP contribution in [0.15, 0.2) is 121 Å². The molecule has 0 radical (unpaired) electrons. The fourth-order valence-electron chi connectivity index (χ4n) is 21.0. The average Bonchev–Trinajstić information content (AvgIpc) is 1.62. The lowest BCUT2D eigenvalue weighted by Gasteiger charge is -2.37. The Labute approximate surface area is 852 Å². The highest BCUT2D eigenvalue weighted by Crippen LogP contribution is 2.46. The molecule has 14 aliphatic rings. The maximum atomic E-state index is 13.0. The molecule has 0 bridgehead atoms. The van der Waals surface area contributed by atoms with Gasteiger partial charge in [-0.2, -0.15) is 15.8 Å². The number of β-amino-alcohol motifs (C(OH)–C–C–N with tert-alkyl or cyclic N) is 1. The number of nitriles is 3. The van der Waals surface area contributed by atoms with E-state index in [0.717, 1.165) is 188 Å². The summed E-state index contributed by atoms with van der Waals surface area (Å²) < 4.78 is 26.9. The predicted molar refractivity (Wildman–Crippen MR) is 535 cm³/mol. The number of carbonyl (C=O) groups is 14. The van der Waals surface area contributed by atoms with Crippen molar-refractivity contribution in [2.45, 2.75) is 253 Å². The van der Waals surface area contributed by atoms with E-state index in [1.807, 2.05) is 90.1 Å². The number of likely N-dealkylation sites (tertiary alicyclic amines) is 8. The van der Waals surface area contributed by atoms with Crippen LogP contribution in [0.4, 0.5) is 9.59 Å². The second-order valence-electron chi connectivity index (χ2n) is 42.7. The molecule has 4 aromatic rings. The number of ketones is 1. The van der Waals surface area contributed by atoms with Crippen molar-refractivity contribution in [1.29, 1.82) is 15.8 Å². The molecule has 0 aromatic heterocycles. The zero-order valence-corrected chi connectivity index (χ0v) is 85.8. The van der Waals surface area contributed by atoms with Gasteiger partial charge < -0.3 is 49.2 Å². The number of esters is 1. The third kappa shape index (κ3) is 32.4. The highest BCUT2D eigenvalue weighted by atomic mass is 16.7. The van der Waals surface area contributed by atoms with E-state index in [1.54, 1.807) is 16.7 Å². The summed E-state index contributed by atoms with van der Waals surface area (Å²) in [7, 11) is 0. The van der Waals surface area contributed by atoms with Crippen LogP contribution in [0.3, 0.4) is 0 Å². The van der Waals surface area contributed by atoms with Gasteiger partial charge in [0.15, 0.2) is 11.7 Å². The highest BCUT2D eigenvalue weighted by Gasteiger charge is 2.56. The fourth-order valence-corrected chi connectivity index (χ4v) is 21.0. The van der Waals surface area contributed by atoms with Crippen molar-refractivity contribution < 1.29 is 95.9 Å². The molecule has 145 heavy (non-hydrogen) atoms. The Kier molecular flexibility index (Phi) is 41.7. The van der Waals surface area contributed by atoms with Crippen molar-refractivity contribution in [2.75, 3.05) is 144 Å². The summed E-state index contributed by atoms with van der Waals surface area (Å²) in [6.07, 6.45) is 14.8. The van der Waals surface area contributed by atoms with Gasteiger partial charge in [-0.25, -0.2) is 9.59 Å². The van der Waals surface area contributed by atoms with Crippen LogP contribution in [0.1, 0.15) is 231 Å². The first-order chi connectivity index (χ1) is 69.3. The van der Waals surface area contributed by atoms with E-state index >= 15 is 0 Å². The minimum Gasteiger partial charge on any atom is -0.465 e. The van der Waals surface area contributed by atoms with Gasteiger partial charge in [0.1, 0.15) is 17.0 Å². The first kappa shape index (κ1) is 114. The molecule has 6 N–H and O–H groups in total. The van der Waals surface area contributed by atoms with Gasteiger partial charge in [-0.1, -0.05) is 121 Å². The molecule has 14 saturated heterocycles. The minimum absolute atomic E-state index is 0.0585. The average molecular weight is 2000 g/mol. The van der Waals surface area contributed by atoms with E-state index in [4.69, 9.17) is 34.1 Å². The van der Waals surface area contributed by atoms with Crippen molar-refractivity contribution in [2.24, 2.45) is 37.9 Å². The Hall–Kier alpha value is -11.6. The number of nitrogens with one attached hydrogen (secondary N) is 5. The molecule has 1 atom stereocenters. The van der Waals surface area contributed by atoms with Gasteiger partial charge in [0.2, 0.25) is 59.1 Å². The summed E-state index contributed by atoms with van der Waals surface area (Å²) in [5.74, 6) is -1.18. The van der Waals surface area contributed by atoms with Gasteiger partial charge in [-0.05, 0) is 219 Å². The molecule has 18 rings (SSSR count). The lowest BCUT2D eigenvalue weighted by atomic mass is 9.77. The van der Waals surface area contributed by atoms with E-state index in [-0.39, 0.29) is 121 Å². The molecule has 14 aliphatic heterocycles. The number of ether oxygens (including phenoxy) is 5. The summed E-state index contributed by atoms with van der Waals surface area (Å²) in [5, 5.41) is 49.7. The molecule has 786 valence electrons. The minimum atomic E-state index is -0.941. The van der Waals surface area contributed by atoms with Gasteiger partial charge >= 0.3 is 18.2 Å². The van der Waals surface area contributed by atoms with E-state index < -0.39 is 43.7 Å². The quantitative estimate of drug-likeness (QED) is 0.0325. The molecular formula is C109H150N16O20. The standard InChI is InChI=1S/C20H32N2O6.C16H20N2O2.C15H17N3.C15H18N2O2.C13H20N2O4.C12H15NO.C10H16N2O3.C8H12N2O2/c1-19(2,3)28-18(25)21-9-7-20(8-10-21)14-15(23)22(17(20)24)11-13-27-16-6-4-5-12-26-16;1-2-20-15(19)16(13-17)8-10-18(11-9-16)12-14-6-4-3-5-7-14;16-9-6-15(13-17)7-10-18(11-8-15)12-14-4-2-1-3-5-14;18-13-10-15(14(19)16-13)6-8-17(9-7-15)11-12-4-2-1-3-5-12;1-12(2,3)19-11(18)15-6-4-13(5-7-15)8-9(16)14-10(13)17;14-12-6-8-13(9-7-12)10-11-4-2-1-3-5-11;13-6-5-12-8(14)7-10(9(12)15)1-3-11-4-2-10;11-6-5-8(7(12)10-6)1-3-9-4-2-8/h16H,4-14H2,1-3H3;3-7H,2,8-12H2,1H3;1-5H,6-8,10-12H2;1-5H,6-11H2,(H,16,18,19);4-8H2,1-3H3,(H,14,16,17);1-5H,6-10H2;11,13H,1-7H2;9H,1-5H2,(H,10,11,12). The molecule has 4 aromatic carbocycles. The van der Waals surface area contributed by atoms with E-state index in [1.165, 1.54) is 32.1 Å². The largest absolute Gasteiger partial charge is 0.465 e. The monoisotopic (exact) mass is 2000 g/mol. The van der Waals surface area contributed by atoms with Crippen molar-refractivity contribution in [1.82, 2.24) is 65.8 Å². The Morgan fingerprint density at radius 3 is 1.13 bits per heavy atom. The second-order valence-corrected chi connectivity index (χ2v) is 42.7. The Bertz CT molecular complexity index is 5160. The fraction of sp³-hybridized carbons (Fsp3) is 0.624. The molecule has 0 aliphatic carbocycles. The van der Waals surface area contributed by atoms with Crippen molar-refractivity contribution in [3.63, 3.8) is 0 Å². The van der Waals surface area contributed by atoms with Gasteiger partial charge in [-0.3, -0.25) is 103 Å². The SMILES string of the molecule is CC(C)(C)OC(=O)N1CCC2(CC1)CC(=O)N(CCOC1CCCCO1)C2=O.CC(C)(C)OC(=O)N1CCC2(CC1)CC(=O)NC2=O.CCOC(=O)C1(C#N)CCN(Cc2ccccc2)CC1.N#CCC1(C#N)CCN(Cc2ccccc2)CC1.O=C1CC2(CCN(Cc3ccccc3)CC2)C(=O)N1.O=C1CC2(CCNCC2)C(=O)N1.O=C1CC2(CCNCC2)C(=O)N1CCO.O=C1CCN(Cc2ccccc2)CC1. The maximum Gasteiger partial charge on any atom is 0.410 e. The number of aliphatic hydroxyl groups is 1. The molecular weight excluding hydrogens is 1850 g/mol. The van der Waals surface area contributed by atoms with Crippen LogP contribution >= 0.6 is 0 Å².